The Hall–Kier alpha value is -1.44. The Morgan fingerprint density at radius 2 is 2.18 bits per heavy atom. The number of nitro benzene ring substituents is 1. The largest absolute Gasteiger partial charge is 0.375 e. The monoisotopic (exact) mass is 292 g/mol. The summed E-state index contributed by atoms with van der Waals surface area (Å²) in [7, 11) is 0. The van der Waals surface area contributed by atoms with E-state index in [4.69, 9.17) is 28.9 Å². The van der Waals surface area contributed by atoms with E-state index in [-0.39, 0.29) is 20.8 Å². The van der Waals surface area contributed by atoms with Crippen LogP contribution in [0.1, 0.15) is 5.56 Å². The standard InChI is InChI=1S/C8H6Cl2N4O2S/c9-5-2-6(10)7(14(15)16)1-4(5)3-12-13-8(11)17/h1-3H,(H3,11,13,17)/b12-3-. The Morgan fingerprint density at radius 3 is 2.71 bits per heavy atom. The van der Waals surface area contributed by atoms with Crippen molar-refractivity contribution in [1.82, 2.24) is 5.43 Å². The molecule has 1 aromatic carbocycles. The molecule has 0 aliphatic carbocycles. The molecule has 0 heterocycles. The number of hydrogen-bond donors (Lipinski definition) is 2. The zero-order valence-electron chi connectivity index (χ0n) is 8.18. The summed E-state index contributed by atoms with van der Waals surface area (Å²) in [5.41, 5.74) is 7.51. The van der Waals surface area contributed by atoms with Crippen LogP contribution in [-0.2, 0) is 0 Å². The number of hydrazone groups is 1. The molecule has 0 saturated carbocycles. The highest BCUT2D eigenvalue weighted by molar-refractivity contribution is 7.80. The summed E-state index contributed by atoms with van der Waals surface area (Å²) in [6, 6.07) is 2.47. The van der Waals surface area contributed by atoms with Crippen LogP contribution in [0.3, 0.4) is 0 Å². The molecule has 0 aromatic heterocycles. The second-order valence-corrected chi connectivity index (χ2v) is 4.07. The number of hydrogen-bond acceptors (Lipinski definition) is 4. The van der Waals surface area contributed by atoms with Gasteiger partial charge in [0.2, 0.25) is 0 Å². The number of nitro groups is 1. The molecule has 0 aliphatic heterocycles. The minimum absolute atomic E-state index is 0.0270. The number of nitrogens with one attached hydrogen (secondary N) is 1. The lowest BCUT2D eigenvalue weighted by Crippen LogP contribution is -2.24. The second-order valence-electron chi connectivity index (χ2n) is 2.82. The third-order valence-corrected chi connectivity index (χ3v) is 2.36. The van der Waals surface area contributed by atoms with Crippen molar-refractivity contribution in [3.05, 3.63) is 37.9 Å². The Bertz CT molecular complexity index is 507. The van der Waals surface area contributed by atoms with Crippen LogP contribution in [-0.4, -0.2) is 16.3 Å². The normalized spacial score (nSPS) is 10.5. The predicted octanol–water partition coefficient (Wildman–Crippen LogP) is 2.07. The molecule has 1 rings (SSSR count). The molecule has 6 nitrogen and oxygen atoms in total. The summed E-state index contributed by atoms with van der Waals surface area (Å²) in [6.45, 7) is 0. The minimum Gasteiger partial charge on any atom is -0.375 e. The van der Waals surface area contributed by atoms with Gasteiger partial charge in [0.1, 0.15) is 5.02 Å². The van der Waals surface area contributed by atoms with E-state index in [1.54, 1.807) is 0 Å². The summed E-state index contributed by atoms with van der Waals surface area (Å²) >= 11 is 16.0. The van der Waals surface area contributed by atoms with E-state index in [0.29, 0.717) is 5.56 Å². The quantitative estimate of drug-likeness (QED) is 0.385. The minimum atomic E-state index is -0.614. The molecule has 0 unspecified atom stereocenters. The SMILES string of the molecule is NC(=S)N/N=C\c1cc([N+](=O)[O-])c(Cl)cc1Cl. The average molecular weight is 293 g/mol. The first kappa shape index (κ1) is 13.6. The van der Waals surface area contributed by atoms with Gasteiger partial charge in [0.05, 0.1) is 16.2 Å². The van der Waals surface area contributed by atoms with Gasteiger partial charge in [-0.3, -0.25) is 15.5 Å². The lowest BCUT2D eigenvalue weighted by Gasteiger charge is -2.00. The lowest BCUT2D eigenvalue weighted by molar-refractivity contribution is -0.384. The fourth-order valence-electron chi connectivity index (χ4n) is 0.958. The van der Waals surface area contributed by atoms with Crippen LogP contribution >= 0.6 is 35.4 Å². The van der Waals surface area contributed by atoms with Gasteiger partial charge in [-0.25, -0.2) is 0 Å². The van der Waals surface area contributed by atoms with Crippen molar-refractivity contribution >= 4 is 52.4 Å². The molecular formula is C8H6Cl2N4O2S. The number of nitrogens with zero attached hydrogens (tertiary/aromatic N) is 2. The first-order valence-electron chi connectivity index (χ1n) is 4.13. The van der Waals surface area contributed by atoms with Gasteiger partial charge in [0, 0.05) is 11.6 Å². The molecule has 0 atom stereocenters. The third kappa shape index (κ3) is 3.81. The molecule has 0 fully saturated rings. The van der Waals surface area contributed by atoms with Crippen LogP contribution < -0.4 is 11.2 Å². The topological polar surface area (TPSA) is 93.5 Å². The molecule has 0 radical (unpaired) electrons. The van der Waals surface area contributed by atoms with Crippen LogP contribution in [0, 0.1) is 10.1 Å². The highest BCUT2D eigenvalue weighted by Gasteiger charge is 2.15. The van der Waals surface area contributed by atoms with Crippen molar-refractivity contribution in [1.29, 1.82) is 0 Å². The Balaban J connectivity index is 3.07. The first-order valence-corrected chi connectivity index (χ1v) is 5.30. The van der Waals surface area contributed by atoms with Gasteiger partial charge in [0.15, 0.2) is 5.11 Å². The van der Waals surface area contributed by atoms with Crippen molar-refractivity contribution in [2.45, 2.75) is 0 Å². The average Bonchev–Trinajstić information content (AvgIpc) is 2.20. The zero-order chi connectivity index (χ0) is 13.0. The maximum absolute atomic E-state index is 10.6. The van der Waals surface area contributed by atoms with Gasteiger partial charge in [-0.1, -0.05) is 23.2 Å². The van der Waals surface area contributed by atoms with Crippen LogP contribution in [0.5, 0.6) is 0 Å². The van der Waals surface area contributed by atoms with Gasteiger partial charge in [0.25, 0.3) is 5.69 Å². The van der Waals surface area contributed by atoms with E-state index in [2.05, 4.69) is 22.7 Å². The number of rotatable bonds is 3. The molecule has 90 valence electrons. The molecular weight excluding hydrogens is 287 g/mol. The zero-order valence-corrected chi connectivity index (χ0v) is 10.5. The van der Waals surface area contributed by atoms with Gasteiger partial charge in [-0.05, 0) is 18.3 Å². The van der Waals surface area contributed by atoms with Crippen molar-refractivity contribution < 1.29 is 4.92 Å². The van der Waals surface area contributed by atoms with E-state index in [1.807, 2.05) is 0 Å². The summed E-state index contributed by atoms with van der Waals surface area (Å²) in [5, 5.41) is 14.4. The van der Waals surface area contributed by atoms with Crippen molar-refractivity contribution in [2.75, 3.05) is 0 Å². The molecule has 9 heteroatoms. The van der Waals surface area contributed by atoms with Gasteiger partial charge in [-0.2, -0.15) is 5.10 Å². The van der Waals surface area contributed by atoms with Crippen LogP contribution in [0.25, 0.3) is 0 Å². The molecule has 3 N–H and O–H groups in total. The molecule has 0 aliphatic rings. The third-order valence-electron chi connectivity index (χ3n) is 1.64. The summed E-state index contributed by atoms with van der Waals surface area (Å²) in [4.78, 5) is 10.0. The summed E-state index contributed by atoms with van der Waals surface area (Å²) < 4.78 is 0. The van der Waals surface area contributed by atoms with Crippen LogP contribution in [0.2, 0.25) is 10.0 Å². The number of benzene rings is 1. The highest BCUT2D eigenvalue weighted by Crippen LogP contribution is 2.29. The highest BCUT2D eigenvalue weighted by atomic mass is 35.5. The van der Waals surface area contributed by atoms with Crippen LogP contribution in [0.15, 0.2) is 17.2 Å². The van der Waals surface area contributed by atoms with E-state index in [9.17, 15) is 10.1 Å². The van der Waals surface area contributed by atoms with Crippen molar-refractivity contribution in [3.63, 3.8) is 0 Å². The van der Waals surface area contributed by atoms with Gasteiger partial charge in [-0.15, -0.1) is 0 Å². The van der Waals surface area contributed by atoms with E-state index in [0.717, 1.165) is 0 Å². The number of halogens is 2. The Morgan fingerprint density at radius 1 is 1.53 bits per heavy atom. The first-order chi connectivity index (χ1) is 7.91. The molecule has 0 bridgehead atoms. The number of thiocarbonyl (C=S) groups is 1. The van der Waals surface area contributed by atoms with E-state index >= 15 is 0 Å². The smallest absolute Gasteiger partial charge is 0.288 e. The van der Waals surface area contributed by atoms with E-state index in [1.165, 1.54) is 18.3 Å². The molecule has 0 amide bonds. The maximum atomic E-state index is 10.6. The molecule has 0 spiro atoms. The van der Waals surface area contributed by atoms with E-state index < -0.39 is 4.92 Å². The van der Waals surface area contributed by atoms with Crippen LogP contribution in [0.4, 0.5) is 5.69 Å². The van der Waals surface area contributed by atoms with Crippen molar-refractivity contribution in [2.24, 2.45) is 10.8 Å². The van der Waals surface area contributed by atoms with Crippen molar-refractivity contribution in [3.8, 4) is 0 Å². The number of nitrogens with two attached hydrogens (primary N) is 1. The molecule has 1 aromatic rings. The fourth-order valence-corrected chi connectivity index (χ4v) is 1.51. The lowest BCUT2D eigenvalue weighted by atomic mass is 10.2. The summed E-state index contributed by atoms with van der Waals surface area (Å²) in [6.07, 6.45) is 1.25. The maximum Gasteiger partial charge on any atom is 0.288 e. The predicted molar refractivity (Wildman–Crippen MR) is 70.6 cm³/mol. The van der Waals surface area contributed by atoms with Gasteiger partial charge >= 0.3 is 0 Å². The Labute approximate surface area is 112 Å². The second kappa shape index (κ2) is 5.76. The Kier molecular flexibility index (Phi) is 4.62. The molecule has 17 heavy (non-hydrogen) atoms. The molecule has 0 saturated heterocycles. The van der Waals surface area contributed by atoms with Gasteiger partial charge < -0.3 is 5.73 Å². The fraction of sp³-hybridized carbons (Fsp3) is 0. The summed E-state index contributed by atoms with van der Waals surface area (Å²) in [5.74, 6) is 0.